The number of hydrogen-bond acceptors (Lipinski definition) is 2. The van der Waals surface area contributed by atoms with E-state index in [2.05, 4.69) is 45.1 Å². The van der Waals surface area contributed by atoms with Gasteiger partial charge in [0.2, 0.25) is 0 Å². The summed E-state index contributed by atoms with van der Waals surface area (Å²) >= 11 is 0. The maximum absolute atomic E-state index is 5.81. The van der Waals surface area contributed by atoms with Crippen molar-refractivity contribution in [1.82, 2.24) is 5.32 Å². The molecule has 0 aromatic heterocycles. The first kappa shape index (κ1) is 11.5. The van der Waals surface area contributed by atoms with Gasteiger partial charge in [-0.25, -0.2) is 0 Å². The zero-order chi connectivity index (χ0) is 11.7. The predicted molar refractivity (Wildman–Crippen MR) is 67.0 cm³/mol. The van der Waals surface area contributed by atoms with Gasteiger partial charge in [-0.3, -0.25) is 0 Å². The molecule has 88 valence electrons. The van der Waals surface area contributed by atoms with Gasteiger partial charge in [-0.2, -0.15) is 0 Å². The van der Waals surface area contributed by atoms with Gasteiger partial charge in [-0.05, 0) is 25.0 Å². The van der Waals surface area contributed by atoms with Crippen LogP contribution in [0, 0.1) is 13.8 Å². The van der Waals surface area contributed by atoms with Crippen LogP contribution in [0.5, 0.6) is 5.75 Å². The summed E-state index contributed by atoms with van der Waals surface area (Å²) in [5, 5.41) is 3.63. The topological polar surface area (TPSA) is 21.3 Å². The average Bonchev–Trinajstić information content (AvgIpc) is 2.23. The smallest absolute Gasteiger partial charge is 0.127 e. The van der Waals surface area contributed by atoms with Gasteiger partial charge in [0.05, 0.1) is 6.61 Å². The van der Waals surface area contributed by atoms with Gasteiger partial charge < -0.3 is 10.1 Å². The van der Waals surface area contributed by atoms with Crippen LogP contribution in [-0.4, -0.2) is 12.6 Å². The van der Waals surface area contributed by atoms with Crippen molar-refractivity contribution in [2.24, 2.45) is 0 Å². The third-order valence-corrected chi connectivity index (χ3v) is 3.15. The summed E-state index contributed by atoms with van der Waals surface area (Å²) in [5.41, 5.74) is 3.94. The molecule has 0 radical (unpaired) electrons. The minimum atomic E-state index is 0.448. The van der Waals surface area contributed by atoms with E-state index in [1.54, 1.807) is 0 Å². The number of rotatable bonds is 2. The van der Waals surface area contributed by atoms with Crippen molar-refractivity contribution in [2.75, 3.05) is 6.61 Å². The van der Waals surface area contributed by atoms with Crippen molar-refractivity contribution in [1.29, 1.82) is 0 Å². The summed E-state index contributed by atoms with van der Waals surface area (Å²) in [6.45, 7) is 9.50. The average molecular weight is 219 g/mol. The molecule has 1 aromatic rings. The van der Waals surface area contributed by atoms with E-state index in [4.69, 9.17) is 4.74 Å². The molecule has 0 saturated carbocycles. The molecule has 16 heavy (non-hydrogen) atoms. The molecule has 1 aromatic carbocycles. The largest absolute Gasteiger partial charge is 0.493 e. The number of nitrogens with one attached hydrogen (secondary N) is 1. The van der Waals surface area contributed by atoms with Crippen molar-refractivity contribution in [3.05, 3.63) is 28.8 Å². The SMILES string of the molecule is Cc1ccc(C)c2c1OCCC2NC(C)C. The molecule has 0 fully saturated rings. The van der Waals surface area contributed by atoms with Gasteiger partial charge in [0.15, 0.2) is 0 Å². The lowest BCUT2D eigenvalue weighted by atomic mass is 9.93. The molecule has 1 atom stereocenters. The van der Waals surface area contributed by atoms with Crippen LogP contribution in [0.1, 0.15) is 43.0 Å². The molecule has 2 heteroatoms. The van der Waals surface area contributed by atoms with E-state index in [0.717, 1.165) is 18.8 Å². The van der Waals surface area contributed by atoms with Crippen LogP contribution in [-0.2, 0) is 0 Å². The van der Waals surface area contributed by atoms with Gasteiger partial charge >= 0.3 is 0 Å². The highest BCUT2D eigenvalue weighted by Crippen LogP contribution is 2.37. The lowest BCUT2D eigenvalue weighted by molar-refractivity contribution is 0.245. The van der Waals surface area contributed by atoms with Gasteiger partial charge in [0.1, 0.15) is 5.75 Å². The molecule has 1 N–H and O–H groups in total. The Hall–Kier alpha value is -1.02. The van der Waals surface area contributed by atoms with Crippen LogP contribution >= 0.6 is 0 Å². The second-order valence-corrected chi connectivity index (χ2v) is 4.95. The number of fused-ring (bicyclic) bond motifs is 1. The third kappa shape index (κ3) is 2.07. The Morgan fingerprint density at radius 3 is 2.62 bits per heavy atom. The van der Waals surface area contributed by atoms with Crippen LogP contribution in [0.15, 0.2) is 12.1 Å². The standard InChI is InChI=1S/C14H21NO/c1-9(2)15-12-7-8-16-14-11(4)6-5-10(3)13(12)14/h5-6,9,12,15H,7-8H2,1-4H3. The Bertz CT molecular complexity index is 385. The van der Waals surface area contributed by atoms with E-state index in [9.17, 15) is 0 Å². The second-order valence-electron chi connectivity index (χ2n) is 4.95. The molecule has 0 bridgehead atoms. The predicted octanol–water partition coefficient (Wildman–Crippen LogP) is 3.13. The van der Waals surface area contributed by atoms with Crippen LogP contribution < -0.4 is 10.1 Å². The first-order valence-corrected chi connectivity index (χ1v) is 6.08. The highest BCUT2D eigenvalue weighted by atomic mass is 16.5. The zero-order valence-electron chi connectivity index (χ0n) is 10.6. The Morgan fingerprint density at radius 2 is 1.94 bits per heavy atom. The molecular formula is C14H21NO. The first-order valence-electron chi connectivity index (χ1n) is 6.08. The number of hydrogen-bond donors (Lipinski definition) is 1. The van der Waals surface area contributed by atoms with Crippen molar-refractivity contribution < 1.29 is 4.74 Å². The summed E-state index contributed by atoms with van der Waals surface area (Å²) in [5.74, 6) is 1.10. The van der Waals surface area contributed by atoms with Crippen molar-refractivity contribution in [3.8, 4) is 5.75 Å². The van der Waals surface area contributed by atoms with Gasteiger partial charge in [0.25, 0.3) is 0 Å². The Balaban J connectivity index is 2.40. The minimum absolute atomic E-state index is 0.448. The first-order chi connectivity index (χ1) is 7.59. The maximum Gasteiger partial charge on any atom is 0.127 e. The molecule has 1 unspecified atom stereocenters. The molecule has 2 rings (SSSR count). The number of aryl methyl sites for hydroxylation is 2. The summed E-state index contributed by atoms with van der Waals surface area (Å²) in [6, 6.07) is 5.29. The van der Waals surface area contributed by atoms with Crippen LogP contribution in [0.2, 0.25) is 0 Å². The Kier molecular flexibility index (Phi) is 3.20. The van der Waals surface area contributed by atoms with Crippen LogP contribution in [0.3, 0.4) is 0 Å². The lowest BCUT2D eigenvalue weighted by Crippen LogP contribution is -2.32. The highest BCUT2D eigenvalue weighted by Gasteiger charge is 2.24. The lowest BCUT2D eigenvalue weighted by Gasteiger charge is -2.30. The fraction of sp³-hybridized carbons (Fsp3) is 0.571. The fourth-order valence-corrected chi connectivity index (χ4v) is 2.42. The molecule has 1 aliphatic heterocycles. The zero-order valence-corrected chi connectivity index (χ0v) is 10.6. The molecule has 1 heterocycles. The molecule has 0 saturated heterocycles. The van der Waals surface area contributed by atoms with E-state index in [-0.39, 0.29) is 0 Å². The van der Waals surface area contributed by atoms with E-state index in [1.807, 2.05) is 0 Å². The Morgan fingerprint density at radius 1 is 1.25 bits per heavy atom. The van der Waals surface area contributed by atoms with Crippen LogP contribution in [0.25, 0.3) is 0 Å². The highest BCUT2D eigenvalue weighted by molar-refractivity contribution is 5.48. The molecule has 1 aliphatic rings. The van der Waals surface area contributed by atoms with E-state index in [1.165, 1.54) is 16.7 Å². The number of ether oxygens (including phenoxy) is 1. The summed E-state index contributed by atoms with van der Waals surface area (Å²) in [4.78, 5) is 0. The van der Waals surface area contributed by atoms with Gasteiger partial charge in [-0.1, -0.05) is 26.0 Å². The molecular weight excluding hydrogens is 198 g/mol. The Labute approximate surface area is 98.0 Å². The summed E-state index contributed by atoms with van der Waals surface area (Å²) < 4.78 is 5.81. The van der Waals surface area contributed by atoms with E-state index in [0.29, 0.717) is 12.1 Å². The quantitative estimate of drug-likeness (QED) is 0.825. The second kappa shape index (κ2) is 4.46. The van der Waals surface area contributed by atoms with Crippen LogP contribution in [0.4, 0.5) is 0 Å². The maximum atomic E-state index is 5.81. The normalized spacial score (nSPS) is 19.4. The van der Waals surface area contributed by atoms with E-state index < -0.39 is 0 Å². The molecule has 0 spiro atoms. The summed E-state index contributed by atoms with van der Waals surface area (Å²) in [7, 11) is 0. The molecule has 0 amide bonds. The molecule has 0 aliphatic carbocycles. The van der Waals surface area contributed by atoms with E-state index >= 15 is 0 Å². The van der Waals surface area contributed by atoms with Gasteiger partial charge in [-0.15, -0.1) is 0 Å². The third-order valence-electron chi connectivity index (χ3n) is 3.15. The van der Waals surface area contributed by atoms with Crippen molar-refractivity contribution in [3.63, 3.8) is 0 Å². The fourth-order valence-electron chi connectivity index (χ4n) is 2.42. The van der Waals surface area contributed by atoms with Gasteiger partial charge in [0, 0.05) is 24.1 Å². The monoisotopic (exact) mass is 219 g/mol. The van der Waals surface area contributed by atoms with Crippen molar-refractivity contribution in [2.45, 2.75) is 46.2 Å². The number of benzene rings is 1. The molecule has 2 nitrogen and oxygen atoms in total. The summed E-state index contributed by atoms with van der Waals surface area (Å²) in [6.07, 6.45) is 1.06. The minimum Gasteiger partial charge on any atom is -0.493 e. The van der Waals surface area contributed by atoms with Crippen molar-refractivity contribution >= 4 is 0 Å².